The molecule has 5 nitrogen and oxygen atoms in total. The third kappa shape index (κ3) is 3.47. The van der Waals surface area contributed by atoms with E-state index in [1.165, 1.54) is 6.07 Å². The van der Waals surface area contributed by atoms with Gasteiger partial charge in [-0.15, -0.1) is 0 Å². The van der Waals surface area contributed by atoms with Crippen molar-refractivity contribution in [1.29, 1.82) is 0 Å². The molecule has 1 heterocycles. The number of amides is 1. The number of nitrogen functional groups attached to an aromatic ring is 1. The van der Waals surface area contributed by atoms with Crippen molar-refractivity contribution in [1.82, 2.24) is 5.32 Å². The first-order valence-corrected chi connectivity index (χ1v) is 7.03. The van der Waals surface area contributed by atoms with Crippen molar-refractivity contribution in [3.05, 3.63) is 28.0 Å². The summed E-state index contributed by atoms with van der Waals surface area (Å²) in [5.74, 6) is -1.00. The Morgan fingerprint density at radius 1 is 1.50 bits per heavy atom. The molecular formula is C13H16BrFN2O3. The third-order valence-electron chi connectivity index (χ3n) is 3.33. The number of carbonyl (C=O) groups is 1. The van der Waals surface area contributed by atoms with E-state index in [9.17, 15) is 14.3 Å². The van der Waals surface area contributed by atoms with Gasteiger partial charge in [-0.2, -0.15) is 0 Å². The molecule has 0 aromatic heterocycles. The highest BCUT2D eigenvalue weighted by molar-refractivity contribution is 9.10. The van der Waals surface area contributed by atoms with Gasteiger partial charge >= 0.3 is 0 Å². The largest absolute Gasteiger partial charge is 0.396 e. The van der Waals surface area contributed by atoms with E-state index >= 15 is 0 Å². The Hall–Kier alpha value is -1.18. The van der Waals surface area contributed by atoms with Crippen LogP contribution in [0, 0.1) is 5.82 Å². The van der Waals surface area contributed by atoms with Gasteiger partial charge in [0, 0.05) is 37.1 Å². The summed E-state index contributed by atoms with van der Waals surface area (Å²) < 4.78 is 18.7. The summed E-state index contributed by atoms with van der Waals surface area (Å²) in [4.78, 5) is 12.1. The summed E-state index contributed by atoms with van der Waals surface area (Å²) in [5.41, 5.74) is 4.64. The van der Waals surface area contributed by atoms with Gasteiger partial charge in [0.15, 0.2) is 0 Å². The maximum absolute atomic E-state index is 13.2. The van der Waals surface area contributed by atoms with Crippen molar-refractivity contribution in [2.24, 2.45) is 0 Å². The number of aliphatic hydroxyl groups is 1. The lowest BCUT2D eigenvalue weighted by molar-refractivity contribution is -0.0605. The zero-order valence-electron chi connectivity index (χ0n) is 10.8. The fourth-order valence-corrected chi connectivity index (χ4v) is 2.50. The van der Waals surface area contributed by atoms with Crippen molar-refractivity contribution >= 4 is 27.5 Å². The Bertz CT molecular complexity index is 519. The molecule has 0 bridgehead atoms. The van der Waals surface area contributed by atoms with Gasteiger partial charge in [0.2, 0.25) is 0 Å². The minimum Gasteiger partial charge on any atom is -0.396 e. The molecule has 0 unspecified atom stereocenters. The van der Waals surface area contributed by atoms with Crippen LogP contribution in [0.25, 0.3) is 0 Å². The average Bonchev–Trinajstić information content (AvgIpc) is 2.41. The molecule has 1 aromatic carbocycles. The van der Waals surface area contributed by atoms with Crippen LogP contribution in [0.2, 0.25) is 0 Å². The maximum atomic E-state index is 13.2. The second kappa shape index (κ2) is 6.07. The molecule has 1 aliphatic heterocycles. The van der Waals surface area contributed by atoms with Crippen molar-refractivity contribution in [3.63, 3.8) is 0 Å². The first-order valence-electron chi connectivity index (χ1n) is 6.24. The first-order chi connectivity index (χ1) is 9.41. The number of hydrogen-bond acceptors (Lipinski definition) is 4. The lowest BCUT2D eigenvalue weighted by atomic mass is 9.94. The van der Waals surface area contributed by atoms with Crippen LogP contribution in [0.1, 0.15) is 23.2 Å². The van der Waals surface area contributed by atoms with Crippen molar-refractivity contribution in [2.45, 2.75) is 18.4 Å². The molecule has 1 saturated heterocycles. The molecule has 0 atom stereocenters. The molecule has 7 heteroatoms. The van der Waals surface area contributed by atoms with Crippen LogP contribution >= 0.6 is 15.9 Å². The molecule has 2 rings (SSSR count). The molecule has 1 aliphatic rings. The van der Waals surface area contributed by atoms with E-state index in [1.807, 2.05) is 0 Å². The van der Waals surface area contributed by atoms with E-state index in [4.69, 9.17) is 10.5 Å². The van der Waals surface area contributed by atoms with Crippen LogP contribution in [0.5, 0.6) is 0 Å². The number of ether oxygens (including phenoxy) is 1. The Kier molecular flexibility index (Phi) is 4.62. The van der Waals surface area contributed by atoms with Crippen LogP contribution < -0.4 is 11.1 Å². The Balaban J connectivity index is 2.03. The second-order valence-corrected chi connectivity index (χ2v) is 5.73. The number of carbonyl (C=O) groups excluding carboxylic acids is 1. The molecule has 1 fully saturated rings. The zero-order chi connectivity index (χ0) is 14.8. The van der Waals surface area contributed by atoms with Crippen LogP contribution in [0.4, 0.5) is 10.1 Å². The molecule has 0 aliphatic carbocycles. The Labute approximate surface area is 124 Å². The van der Waals surface area contributed by atoms with E-state index in [2.05, 4.69) is 21.2 Å². The number of nitrogens with two attached hydrogens (primary N) is 1. The van der Waals surface area contributed by atoms with Gasteiger partial charge in [-0.25, -0.2) is 4.39 Å². The maximum Gasteiger partial charge on any atom is 0.252 e. The van der Waals surface area contributed by atoms with Crippen LogP contribution in [0.3, 0.4) is 0 Å². The quantitative estimate of drug-likeness (QED) is 0.723. The van der Waals surface area contributed by atoms with Gasteiger partial charge in [-0.05, 0) is 28.1 Å². The van der Waals surface area contributed by atoms with Gasteiger partial charge < -0.3 is 20.9 Å². The molecular weight excluding hydrogens is 331 g/mol. The van der Waals surface area contributed by atoms with Crippen molar-refractivity contribution in [3.8, 4) is 0 Å². The summed E-state index contributed by atoms with van der Waals surface area (Å²) in [5, 5.41) is 12.9. The van der Waals surface area contributed by atoms with Gasteiger partial charge in [-0.3, -0.25) is 4.79 Å². The third-order valence-corrected chi connectivity index (χ3v) is 3.99. The molecule has 1 amide bonds. The monoisotopic (exact) mass is 346 g/mol. The molecule has 1 aromatic rings. The van der Waals surface area contributed by atoms with E-state index in [0.717, 1.165) is 6.07 Å². The van der Waals surface area contributed by atoms with Crippen molar-refractivity contribution < 1.29 is 19.0 Å². The van der Waals surface area contributed by atoms with Crippen LogP contribution in [-0.2, 0) is 4.74 Å². The smallest absolute Gasteiger partial charge is 0.252 e. The molecule has 4 N–H and O–H groups in total. The molecule has 0 saturated carbocycles. The van der Waals surface area contributed by atoms with Crippen LogP contribution in [-0.4, -0.2) is 36.4 Å². The first kappa shape index (κ1) is 15.2. The van der Waals surface area contributed by atoms with Crippen molar-refractivity contribution in [2.75, 3.05) is 25.5 Å². The number of anilines is 1. The minimum atomic E-state index is -0.952. The highest BCUT2D eigenvalue weighted by atomic mass is 79.9. The summed E-state index contributed by atoms with van der Waals surface area (Å²) in [7, 11) is 0. The highest BCUT2D eigenvalue weighted by Crippen LogP contribution is 2.23. The fourth-order valence-electron chi connectivity index (χ4n) is 2.01. The van der Waals surface area contributed by atoms with Gasteiger partial charge in [-0.1, -0.05) is 0 Å². The van der Waals surface area contributed by atoms with E-state index in [1.54, 1.807) is 0 Å². The van der Waals surface area contributed by atoms with E-state index in [-0.39, 0.29) is 17.8 Å². The number of rotatable bonds is 3. The lowest BCUT2D eigenvalue weighted by Gasteiger charge is -2.32. The topological polar surface area (TPSA) is 84.6 Å². The number of benzene rings is 1. The molecule has 0 spiro atoms. The molecule has 20 heavy (non-hydrogen) atoms. The van der Waals surface area contributed by atoms with Gasteiger partial charge in [0.1, 0.15) is 5.82 Å². The number of nitrogens with one attached hydrogen (secondary N) is 1. The summed E-state index contributed by atoms with van der Waals surface area (Å²) in [6.07, 6.45) is 0.944. The predicted octanol–water partition coefficient (Wildman–Crippen LogP) is 1.44. The zero-order valence-corrected chi connectivity index (χ0v) is 12.4. The second-order valence-electron chi connectivity index (χ2n) is 4.87. The summed E-state index contributed by atoms with van der Waals surface area (Å²) in [6.45, 7) is 1.07. The van der Waals surface area contributed by atoms with Gasteiger partial charge in [0.25, 0.3) is 5.91 Å². The van der Waals surface area contributed by atoms with E-state index < -0.39 is 17.3 Å². The molecule has 110 valence electrons. The number of hydrogen-bond donors (Lipinski definition) is 3. The SMILES string of the molecule is Nc1cc(C(=O)NCC2(O)CCOCC2)c(Br)cc1F. The van der Waals surface area contributed by atoms with E-state index in [0.29, 0.717) is 30.5 Å². The minimum absolute atomic E-state index is 0.0943. The standard InChI is InChI=1S/C13H16BrFN2O3/c14-9-6-10(15)11(16)5-8(9)12(18)17-7-13(19)1-3-20-4-2-13/h5-6,19H,1-4,7,16H2,(H,17,18). The summed E-state index contributed by atoms with van der Waals surface area (Å²) in [6, 6.07) is 2.41. The van der Waals surface area contributed by atoms with Gasteiger partial charge in [0.05, 0.1) is 16.9 Å². The average molecular weight is 347 g/mol. The molecule has 0 radical (unpaired) electrons. The summed E-state index contributed by atoms with van der Waals surface area (Å²) >= 11 is 3.12. The Morgan fingerprint density at radius 2 is 2.15 bits per heavy atom. The van der Waals surface area contributed by atoms with Crippen LogP contribution in [0.15, 0.2) is 16.6 Å². The highest BCUT2D eigenvalue weighted by Gasteiger charge is 2.30. The fraction of sp³-hybridized carbons (Fsp3) is 0.462. The number of halogens is 2. The Morgan fingerprint density at radius 3 is 2.80 bits per heavy atom. The lowest BCUT2D eigenvalue weighted by Crippen LogP contribution is -2.46. The normalized spacial score (nSPS) is 17.8. The predicted molar refractivity (Wildman–Crippen MR) is 75.8 cm³/mol.